The van der Waals surface area contributed by atoms with Gasteiger partial charge in [-0.1, -0.05) is 49.1 Å². The number of methoxy groups -OCH3 is 1. The predicted molar refractivity (Wildman–Crippen MR) is 124 cm³/mol. The van der Waals surface area contributed by atoms with Crippen LogP contribution < -0.4 is 14.8 Å². The number of hydrogen-bond acceptors (Lipinski definition) is 7. The summed E-state index contributed by atoms with van der Waals surface area (Å²) >= 11 is 0. The molecule has 33 heavy (non-hydrogen) atoms. The van der Waals surface area contributed by atoms with Crippen LogP contribution in [0.2, 0.25) is 0 Å². The maximum atomic E-state index is 12.9. The molecule has 1 aromatic heterocycles. The molecule has 1 atom stereocenters. The maximum absolute atomic E-state index is 12.9. The molecule has 1 unspecified atom stereocenters. The van der Waals surface area contributed by atoms with Gasteiger partial charge in [-0.2, -0.15) is 10.1 Å². The van der Waals surface area contributed by atoms with Crippen LogP contribution in [-0.4, -0.2) is 41.1 Å². The van der Waals surface area contributed by atoms with E-state index in [1.807, 2.05) is 43.3 Å². The summed E-state index contributed by atoms with van der Waals surface area (Å²) in [6.45, 7) is 6.05. The maximum Gasteiger partial charge on any atom is 0.338 e. The molecule has 8 nitrogen and oxygen atoms in total. The average Bonchev–Trinajstić information content (AvgIpc) is 3.30. The molecule has 8 heteroatoms. The van der Waals surface area contributed by atoms with E-state index in [0.29, 0.717) is 35.3 Å². The lowest BCUT2D eigenvalue weighted by Crippen LogP contribution is -2.29. The van der Waals surface area contributed by atoms with E-state index in [-0.39, 0.29) is 6.61 Å². The molecule has 2 heterocycles. The van der Waals surface area contributed by atoms with Gasteiger partial charge in [-0.3, -0.25) is 0 Å². The summed E-state index contributed by atoms with van der Waals surface area (Å²) in [4.78, 5) is 17.1. The third-order valence-electron chi connectivity index (χ3n) is 5.34. The van der Waals surface area contributed by atoms with Crippen molar-refractivity contribution in [2.75, 3.05) is 25.6 Å². The number of nitrogens with one attached hydrogen (secondary N) is 1. The van der Waals surface area contributed by atoms with Crippen LogP contribution in [0, 0.1) is 0 Å². The first-order valence-electron chi connectivity index (χ1n) is 10.6. The first-order chi connectivity index (χ1) is 16.1. The van der Waals surface area contributed by atoms with E-state index in [4.69, 9.17) is 14.2 Å². The minimum atomic E-state index is -0.534. The third-order valence-corrected chi connectivity index (χ3v) is 5.34. The van der Waals surface area contributed by atoms with Crippen LogP contribution >= 0.6 is 0 Å². The number of nitrogens with zero attached hydrogens (tertiary/aromatic N) is 3. The molecular weight excluding hydrogens is 420 g/mol. The Morgan fingerprint density at radius 1 is 1.21 bits per heavy atom. The van der Waals surface area contributed by atoms with Crippen LogP contribution in [-0.2, 0) is 16.0 Å². The molecule has 0 saturated heterocycles. The molecule has 0 saturated carbocycles. The molecule has 0 spiro atoms. The zero-order valence-corrected chi connectivity index (χ0v) is 18.7. The van der Waals surface area contributed by atoms with E-state index in [9.17, 15) is 4.79 Å². The normalized spacial score (nSPS) is 14.8. The zero-order chi connectivity index (χ0) is 23.2. The lowest BCUT2D eigenvalue weighted by molar-refractivity contribution is -0.138. The van der Waals surface area contributed by atoms with Gasteiger partial charge in [0.25, 0.3) is 0 Å². The Bertz CT molecular complexity index is 1170. The molecule has 1 aliphatic rings. The molecule has 4 rings (SSSR count). The first kappa shape index (κ1) is 22.1. The van der Waals surface area contributed by atoms with Crippen LogP contribution in [0.4, 0.5) is 5.95 Å². The molecule has 0 amide bonds. The highest BCUT2D eigenvalue weighted by atomic mass is 16.5. The number of allylic oxidation sites excluding steroid dienone is 1. The molecule has 2 aromatic carbocycles. The summed E-state index contributed by atoms with van der Waals surface area (Å²) in [6, 6.07) is 15.2. The van der Waals surface area contributed by atoms with E-state index in [2.05, 4.69) is 34.1 Å². The van der Waals surface area contributed by atoms with E-state index >= 15 is 0 Å². The molecule has 1 N–H and O–H groups in total. The van der Waals surface area contributed by atoms with Gasteiger partial charge in [0.1, 0.15) is 19.0 Å². The molecule has 3 aromatic rings. The Morgan fingerprint density at radius 3 is 2.79 bits per heavy atom. The minimum Gasteiger partial charge on any atom is -0.493 e. The van der Waals surface area contributed by atoms with Crippen molar-refractivity contribution in [3.8, 4) is 11.5 Å². The summed E-state index contributed by atoms with van der Waals surface area (Å²) in [5, 5.41) is 7.45. The van der Waals surface area contributed by atoms with E-state index in [0.717, 1.165) is 12.0 Å². The van der Waals surface area contributed by atoms with Gasteiger partial charge in [-0.15, -0.1) is 0 Å². The number of aromatic nitrogens is 3. The number of ether oxygens (including phenoxy) is 3. The second kappa shape index (κ2) is 10.0. The summed E-state index contributed by atoms with van der Waals surface area (Å²) in [6.07, 6.45) is 3.76. The number of carbonyl (C=O) groups is 1. The fourth-order valence-corrected chi connectivity index (χ4v) is 3.77. The highest BCUT2D eigenvalue weighted by molar-refractivity contribution is 5.92. The molecular formula is C25H26N4O4. The number of hydrogen-bond donors (Lipinski definition) is 1. The molecule has 0 fully saturated rings. The highest BCUT2D eigenvalue weighted by Gasteiger charge is 2.34. The highest BCUT2D eigenvalue weighted by Crippen LogP contribution is 2.38. The minimum absolute atomic E-state index is 0.115. The quantitative estimate of drug-likeness (QED) is 0.394. The van der Waals surface area contributed by atoms with Gasteiger partial charge >= 0.3 is 5.97 Å². The van der Waals surface area contributed by atoms with E-state index < -0.39 is 12.0 Å². The van der Waals surface area contributed by atoms with Gasteiger partial charge in [0.05, 0.1) is 19.3 Å². The predicted octanol–water partition coefficient (Wildman–Crippen LogP) is 3.93. The second-order valence-electron chi connectivity index (χ2n) is 7.48. The monoisotopic (exact) mass is 446 g/mol. The Kier molecular flexibility index (Phi) is 6.73. The van der Waals surface area contributed by atoms with Gasteiger partial charge in [0.2, 0.25) is 5.95 Å². The number of fused-ring (bicyclic) bond motifs is 1. The van der Waals surface area contributed by atoms with Crippen molar-refractivity contribution < 1.29 is 19.0 Å². The van der Waals surface area contributed by atoms with Crippen LogP contribution in [0.5, 0.6) is 11.5 Å². The molecule has 0 bridgehead atoms. The van der Waals surface area contributed by atoms with Crippen molar-refractivity contribution in [2.24, 2.45) is 0 Å². The number of anilines is 1. The van der Waals surface area contributed by atoms with Crippen LogP contribution in [0.25, 0.3) is 0 Å². The van der Waals surface area contributed by atoms with Gasteiger partial charge in [-0.25, -0.2) is 9.48 Å². The molecule has 0 aliphatic carbocycles. The topological polar surface area (TPSA) is 87.5 Å². The third kappa shape index (κ3) is 4.74. The van der Waals surface area contributed by atoms with Gasteiger partial charge in [0.15, 0.2) is 11.5 Å². The van der Waals surface area contributed by atoms with E-state index in [1.165, 1.54) is 18.0 Å². The summed E-state index contributed by atoms with van der Waals surface area (Å²) in [5.74, 6) is 1.28. The van der Waals surface area contributed by atoms with Crippen LogP contribution in [0.15, 0.2) is 78.8 Å². The van der Waals surface area contributed by atoms with Crippen molar-refractivity contribution in [1.29, 1.82) is 0 Å². The van der Waals surface area contributed by atoms with Gasteiger partial charge < -0.3 is 19.5 Å². The molecule has 0 radical (unpaired) electrons. The Hall–Kier alpha value is -4.07. The SMILES string of the molecule is C=CCOC(=O)C1=C(C)Nc2ncnn2C1c1ccc(OCCc2ccccc2)c(OC)c1. The van der Waals surface area contributed by atoms with Crippen molar-refractivity contribution >= 4 is 11.9 Å². The summed E-state index contributed by atoms with van der Waals surface area (Å²) in [7, 11) is 1.59. The number of rotatable bonds is 9. The Labute approximate surface area is 192 Å². The largest absolute Gasteiger partial charge is 0.493 e. The zero-order valence-electron chi connectivity index (χ0n) is 18.7. The van der Waals surface area contributed by atoms with E-state index in [1.54, 1.807) is 11.8 Å². The number of esters is 1. The lowest BCUT2D eigenvalue weighted by Gasteiger charge is -2.28. The average molecular weight is 447 g/mol. The van der Waals surface area contributed by atoms with Crippen LogP contribution in [0.3, 0.4) is 0 Å². The van der Waals surface area contributed by atoms with Crippen molar-refractivity contribution in [2.45, 2.75) is 19.4 Å². The fourth-order valence-electron chi connectivity index (χ4n) is 3.77. The van der Waals surface area contributed by atoms with Crippen molar-refractivity contribution in [3.63, 3.8) is 0 Å². The van der Waals surface area contributed by atoms with Crippen molar-refractivity contribution in [1.82, 2.24) is 14.8 Å². The second-order valence-corrected chi connectivity index (χ2v) is 7.48. The lowest BCUT2D eigenvalue weighted by atomic mass is 9.95. The number of carbonyl (C=O) groups excluding carboxylic acids is 1. The fraction of sp³-hybridized carbons (Fsp3) is 0.240. The number of benzene rings is 2. The summed E-state index contributed by atoms with van der Waals surface area (Å²) in [5.41, 5.74) is 3.08. The molecule has 170 valence electrons. The Morgan fingerprint density at radius 2 is 2.03 bits per heavy atom. The molecule has 1 aliphatic heterocycles. The Balaban J connectivity index is 1.62. The van der Waals surface area contributed by atoms with Crippen molar-refractivity contribution in [3.05, 3.63) is 89.9 Å². The smallest absolute Gasteiger partial charge is 0.338 e. The standard InChI is InChI=1S/C25H26N4O4/c1-4-13-33-24(30)22-17(2)28-25-26-16-27-29(25)23(22)19-10-11-20(21(15-19)31-3)32-14-12-18-8-6-5-7-9-18/h4-11,15-16,23H,1,12-14H2,2-3H3,(H,26,27,28). The van der Waals surface area contributed by atoms with Gasteiger partial charge in [0, 0.05) is 12.1 Å². The summed E-state index contributed by atoms with van der Waals surface area (Å²) < 4.78 is 18.6. The van der Waals surface area contributed by atoms with Crippen LogP contribution in [0.1, 0.15) is 24.1 Å². The van der Waals surface area contributed by atoms with Gasteiger partial charge in [-0.05, 0) is 30.2 Å². The first-order valence-corrected chi connectivity index (χ1v) is 10.6.